The fourth-order valence-corrected chi connectivity index (χ4v) is 9.99. The van der Waals surface area contributed by atoms with Gasteiger partial charge in [-0.1, -0.05) is 0 Å². The van der Waals surface area contributed by atoms with Gasteiger partial charge in [-0.2, -0.15) is 0 Å². The predicted molar refractivity (Wildman–Crippen MR) is 119 cm³/mol. The molecule has 2 heteroatoms. The van der Waals surface area contributed by atoms with Crippen LogP contribution >= 0.6 is 20.8 Å². The van der Waals surface area contributed by atoms with E-state index in [1.54, 1.807) is 0 Å². The molecule has 130 valence electrons. The van der Waals surface area contributed by atoms with Gasteiger partial charge in [-0.3, -0.25) is 0 Å². The summed E-state index contributed by atoms with van der Waals surface area (Å²) in [6.45, 7) is 8.76. The van der Waals surface area contributed by atoms with Crippen LogP contribution in [-0.2, 0) is 0 Å². The Balaban J connectivity index is 2.38. The first-order chi connectivity index (χ1) is 11.9. The Labute approximate surface area is 160 Å². The maximum atomic E-state index is 4.42. The van der Waals surface area contributed by atoms with Crippen molar-refractivity contribution in [3.8, 4) is 0 Å². The summed E-state index contributed by atoms with van der Waals surface area (Å²) in [5.41, 5.74) is 3.89. The Kier molecular flexibility index (Phi) is 4.93. The van der Waals surface area contributed by atoms with E-state index in [1.807, 2.05) is 0 Å². The molecule has 0 amide bonds. The zero-order valence-corrected chi connectivity index (χ0v) is 17.9. The summed E-state index contributed by atoms with van der Waals surface area (Å²) in [6, 6.07) is 27.3. The first kappa shape index (κ1) is 18.4. The molecule has 25 heavy (non-hydrogen) atoms. The molecule has 0 N–H and O–H groups in total. The minimum absolute atomic E-state index is 1.04. The number of hydrogen-bond acceptors (Lipinski definition) is 0. The molecule has 0 atom stereocenters. The van der Waals surface area contributed by atoms with Gasteiger partial charge in [0.25, 0.3) is 0 Å². The zero-order chi connectivity index (χ0) is 18.1. The Hall–Kier alpha value is -1.43. The topological polar surface area (TPSA) is 0 Å². The summed E-state index contributed by atoms with van der Waals surface area (Å²) in [5, 5.41) is 1.52. The monoisotopic (exact) mass is 412 g/mol. The van der Waals surface area contributed by atoms with Crippen molar-refractivity contribution in [1.82, 2.24) is 0 Å². The molecule has 0 aliphatic rings. The van der Waals surface area contributed by atoms with Gasteiger partial charge in [0.1, 0.15) is 0 Å². The summed E-state index contributed by atoms with van der Waals surface area (Å²) in [6.07, 6.45) is 1.04. The molecule has 0 saturated heterocycles. The van der Waals surface area contributed by atoms with E-state index in [2.05, 4.69) is 116 Å². The van der Waals surface area contributed by atoms with Gasteiger partial charge in [0, 0.05) is 0 Å². The van der Waals surface area contributed by atoms with Crippen molar-refractivity contribution in [3.63, 3.8) is 0 Å². The van der Waals surface area contributed by atoms with Crippen molar-refractivity contribution < 1.29 is 0 Å². The van der Waals surface area contributed by atoms with Crippen LogP contribution in [0.3, 0.4) is 0 Å². The second kappa shape index (κ2) is 6.71. The molecule has 0 radical (unpaired) electrons. The van der Waals surface area contributed by atoms with E-state index < -0.39 is 5.31 Å². The van der Waals surface area contributed by atoms with Gasteiger partial charge < -0.3 is 0 Å². The van der Waals surface area contributed by atoms with Crippen LogP contribution in [0.5, 0.6) is 0 Å². The predicted octanol–water partition coefficient (Wildman–Crippen LogP) is 5.77. The Bertz CT molecular complexity index is 748. The quantitative estimate of drug-likeness (QED) is 0.477. The van der Waals surface area contributed by atoms with E-state index in [1.165, 1.54) is 32.6 Å². The first-order valence-corrected chi connectivity index (χ1v) is 13.3. The van der Waals surface area contributed by atoms with Crippen LogP contribution in [0, 0.1) is 20.8 Å². The van der Waals surface area contributed by atoms with Crippen LogP contribution in [-0.4, -0.2) is 6.16 Å². The third kappa shape index (κ3) is 2.98. The average molecular weight is 413 g/mol. The molecule has 3 aromatic carbocycles. The Morgan fingerprint density at radius 3 is 1.00 bits per heavy atom. The average Bonchev–Trinajstić information content (AvgIpc) is 2.63. The van der Waals surface area contributed by atoms with Crippen molar-refractivity contribution in [2.24, 2.45) is 0 Å². The third-order valence-corrected chi connectivity index (χ3v) is 15.8. The van der Waals surface area contributed by atoms with Gasteiger partial charge >= 0.3 is 160 Å². The van der Waals surface area contributed by atoms with Gasteiger partial charge in [-0.25, -0.2) is 0 Å². The molecule has 0 aliphatic carbocycles. The fraction of sp³-hybridized carbons (Fsp3) is 0.217. The molecular formula is C23H26BrP. The molecule has 0 fully saturated rings. The zero-order valence-electron chi connectivity index (χ0n) is 15.5. The normalized spacial score (nSPS) is 13.2. The van der Waals surface area contributed by atoms with E-state index >= 15 is 0 Å². The van der Waals surface area contributed by atoms with E-state index in [4.69, 9.17) is 0 Å². The van der Waals surface area contributed by atoms with E-state index in [9.17, 15) is 0 Å². The number of halogens is 1. The maximum absolute atomic E-state index is 4.42. The van der Waals surface area contributed by atoms with Gasteiger partial charge in [0.15, 0.2) is 0 Å². The SMILES string of the molecule is CCP(Br)(c1ccc(C)cc1)(c1ccc(C)cc1)c1ccc(C)cc1. The molecule has 0 heterocycles. The molecule has 3 rings (SSSR count). The second-order valence-electron chi connectivity index (χ2n) is 7.01. The Morgan fingerprint density at radius 1 is 0.560 bits per heavy atom. The number of aryl methyl sites for hydroxylation is 3. The molecular weight excluding hydrogens is 387 g/mol. The second-order valence-corrected chi connectivity index (χ2v) is 16.2. The van der Waals surface area contributed by atoms with E-state index in [0.29, 0.717) is 0 Å². The van der Waals surface area contributed by atoms with Crippen molar-refractivity contribution in [3.05, 3.63) is 89.5 Å². The number of rotatable bonds is 4. The standard InChI is InChI=1S/C23H26BrP/c1-5-25(24,21-12-6-18(2)7-13-21,22-14-8-19(3)9-15-22)23-16-10-20(4)11-17-23/h6-17H,5H2,1-4H3. The molecule has 0 aromatic heterocycles. The van der Waals surface area contributed by atoms with Crippen LogP contribution in [0.4, 0.5) is 0 Å². The van der Waals surface area contributed by atoms with Crippen LogP contribution in [0.2, 0.25) is 0 Å². The van der Waals surface area contributed by atoms with E-state index in [0.717, 1.165) is 6.16 Å². The minimum atomic E-state index is -2.66. The molecule has 3 aromatic rings. The first-order valence-electron chi connectivity index (χ1n) is 8.83. The van der Waals surface area contributed by atoms with Gasteiger partial charge in [0.05, 0.1) is 0 Å². The number of hydrogen-bond donors (Lipinski definition) is 0. The van der Waals surface area contributed by atoms with Crippen LogP contribution < -0.4 is 15.9 Å². The summed E-state index contributed by atoms with van der Waals surface area (Å²) in [7, 11) is 0. The summed E-state index contributed by atoms with van der Waals surface area (Å²) in [5.74, 6) is 0. The molecule has 0 nitrogen and oxygen atoms in total. The molecule has 0 spiro atoms. The fourth-order valence-electron chi connectivity index (χ4n) is 3.56. The Morgan fingerprint density at radius 2 is 0.800 bits per heavy atom. The molecule has 0 aliphatic heterocycles. The number of benzene rings is 3. The van der Waals surface area contributed by atoms with Gasteiger partial charge in [-0.15, -0.1) is 0 Å². The van der Waals surface area contributed by atoms with Crippen molar-refractivity contribution in [2.75, 3.05) is 6.16 Å². The third-order valence-electron chi connectivity index (χ3n) is 5.31. The summed E-state index contributed by atoms with van der Waals surface area (Å²) < 4.78 is 0. The summed E-state index contributed by atoms with van der Waals surface area (Å²) >= 11 is 4.42. The molecule has 0 saturated carbocycles. The van der Waals surface area contributed by atoms with Crippen molar-refractivity contribution >= 4 is 36.7 Å². The van der Waals surface area contributed by atoms with Crippen molar-refractivity contribution in [1.29, 1.82) is 0 Å². The van der Waals surface area contributed by atoms with Crippen LogP contribution in [0.25, 0.3) is 0 Å². The van der Waals surface area contributed by atoms with Gasteiger partial charge in [0.2, 0.25) is 0 Å². The molecule has 0 bridgehead atoms. The van der Waals surface area contributed by atoms with Crippen LogP contribution in [0.15, 0.2) is 72.8 Å². The van der Waals surface area contributed by atoms with Crippen molar-refractivity contribution in [2.45, 2.75) is 27.7 Å². The van der Waals surface area contributed by atoms with E-state index in [-0.39, 0.29) is 0 Å². The molecule has 0 unspecified atom stereocenters. The summed E-state index contributed by atoms with van der Waals surface area (Å²) in [4.78, 5) is 0. The van der Waals surface area contributed by atoms with Gasteiger partial charge in [-0.05, 0) is 0 Å². The van der Waals surface area contributed by atoms with Crippen LogP contribution in [0.1, 0.15) is 23.6 Å².